The van der Waals surface area contributed by atoms with Crippen LogP contribution in [0.5, 0.6) is 0 Å². The summed E-state index contributed by atoms with van der Waals surface area (Å²) in [5, 5.41) is 4.17. The first-order chi connectivity index (χ1) is 10.5. The molecule has 0 rings (SSSR count). The van der Waals surface area contributed by atoms with Crippen LogP contribution < -0.4 is 10.6 Å². The first-order valence-electron chi connectivity index (χ1n) is 7.00. The molecule has 0 heterocycles. The van der Waals surface area contributed by atoms with E-state index in [9.17, 15) is 22.8 Å². The molecule has 0 bridgehead atoms. The maximum Gasteiger partial charge on any atom is 0.471 e. The van der Waals surface area contributed by atoms with Crippen LogP contribution in [0.3, 0.4) is 0 Å². The molecule has 0 unspecified atom stereocenters. The molecule has 0 aliphatic rings. The fourth-order valence-electron chi connectivity index (χ4n) is 1.20. The quantitative estimate of drug-likeness (QED) is 0.615. The van der Waals surface area contributed by atoms with Crippen LogP contribution in [0.15, 0.2) is 0 Å². The molecule has 0 aliphatic carbocycles. The maximum atomic E-state index is 11.8. The summed E-state index contributed by atoms with van der Waals surface area (Å²) in [5.74, 6) is -1.99. The van der Waals surface area contributed by atoms with Crippen molar-refractivity contribution in [1.82, 2.24) is 10.6 Å². The standard InChI is InChI=1S/C13H23F3N2O5/c1-12(2,3)23-11(20)18-5-7-22-9-8-21-6-4-17-10(19)13(14,15)16/h4-9H2,1-3H3,(H,17,19)(H,18,20). The Balaban J connectivity index is 3.38. The van der Waals surface area contributed by atoms with Gasteiger partial charge in [0.25, 0.3) is 0 Å². The van der Waals surface area contributed by atoms with E-state index >= 15 is 0 Å². The van der Waals surface area contributed by atoms with Crippen LogP contribution >= 0.6 is 0 Å². The monoisotopic (exact) mass is 344 g/mol. The van der Waals surface area contributed by atoms with Crippen molar-refractivity contribution in [2.45, 2.75) is 32.5 Å². The van der Waals surface area contributed by atoms with Gasteiger partial charge in [-0.2, -0.15) is 13.2 Å². The number of halogens is 3. The first kappa shape index (κ1) is 21.4. The number of alkyl carbamates (subject to hydrolysis) is 1. The zero-order chi connectivity index (χ0) is 17.9. The molecule has 136 valence electrons. The molecule has 0 aromatic heterocycles. The third kappa shape index (κ3) is 13.8. The van der Waals surface area contributed by atoms with E-state index in [2.05, 4.69) is 5.32 Å². The lowest BCUT2D eigenvalue weighted by molar-refractivity contribution is -0.173. The minimum absolute atomic E-state index is 0.0542. The molecule has 0 fully saturated rings. The Hall–Kier alpha value is -1.55. The smallest absolute Gasteiger partial charge is 0.444 e. The van der Waals surface area contributed by atoms with Crippen molar-refractivity contribution in [2.75, 3.05) is 39.5 Å². The van der Waals surface area contributed by atoms with E-state index in [0.717, 1.165) is 0 Å². The van der Waals surface area contributed by atoms with E-state index < -0.39 is 23.8 Å². The van der Waals surface area contributed by atoms with Gasteiger partial charge in [0, 0.05) is 13.1 Å². The first-order valence-corrected chi connectivity index (χ1v) is 7.00. The number of hydrogen-bond donors (Lipinski definition) is 2. The van der Waals surface area contributed by atoms with Gasteiger partial charge in [-0.3, -0.25) is 4.79 Å². The number of ether oxygens (including phenoxy) is 3. The second kappa shape index (κ2) is 10.3. The molecule has 0 aromatic rings. The average molecular weight is 344 g/mol. The Kier molecular flexibility index (Phi) is 9.58. The largest absolute Gasteiger partial charge is 0.471 e. The number of rotatable bonds is 9. The molecule has 7 nitrogen and oxygen atoms in total. The van der Waals surface area contributed by atoms with Crippen LogP contribution in [-0.2, 0) is 19.0 Å². The third-order valence-electron chi connectivity index (χ3n) is 2.08. The van der Waals surface area contributed by atoms with E-state index in [4.69, 9.17) is 14.2 Å². The Morgan fingerprint density at radius 1 is 0.870 bits per heavy atom. The highest BCUT2D eigenvalue weighted by Gasteiger charge is 2.38. The van der Waals surface area contributed by atoms with Gasteiger partial charge in [0.15, 0.2) is 0 Å². The van der Waals surface area contributed by atoms with Crippen LogP contribution in [0, 0.1) is 0 Å². The Morgan fingerprint density at radius 3 is 1.78 bits per heavy atom. The second-order valence-corrected chi connectivity index (χ2v) is 5.41. The molecule has 2 amide bonds. The Labute approximate surface area is 132 Å². The summed E-state index contributed by atoms with van der Waals surface area (Å²) < 4.78 is 50.6. The van der Waals surface area contributed by atoms with E-state index in [1.54, 1.807) is 26.1 Å². The topological polar surface area (TPSA) is 85.9 Å². The number of carbonyl (C=O) groups excluding carboxylic acids is 2. The summed E-state index contributed by atoms with van der Waals surface area (Å²) in [6, 6.07) is 0. The third-order valence-corrected chi connectivity index (χ3v) is 2.08. The number of alkyl halides is 3. The van der Waals surface area contributed by atoms with Crippen molar-refractivity contribution in [3.8, 4) is 0 Å². The predicted molar refractivity (Wildman–Crippen MR) is 74.9 cm³/mol. The molecule has 23 heavy (non-hydrogen) atoms. The van der Waals surface area contributed by atoms with Gasteiger partial charge < -0.3 is 24.8 Å². The molecule has 0 saturated heterocycles. The summed E-state index contributed by atoms with van der Waals surface area (Å²) in [6.07, 6.45) is -5.43. The minimum Gasteiger partial charge on any atom is -0.444 e. The molecule has 0 spiro atoms. The van der Waals surface area contributed by atoms with Crippen molar-refractivity contribution in [1.29, 1.82) is 0 Å². The van der Waals surface area contributed by atoms with Gasteiger partial charge >= 0.3 is 18.2 Å². The number of amides is 2. The van der Waals surface area contributed by atoms with Crippen LogP contribution in [0.1, 0.15) is 20.8 Å². The zero-order valence-corrected chi connectivity index (χ0v) is 13.4. The van der Waals surface area contributed by atoms with Crippen LogP contribution in [0.25, 0.3) is 0 Å². The Morgan fingerprint density at radius 2 is 1.35 bits per heavy atom. The van der Waals surface area contributed by atoms with Crippen molar-refractivity contribution in [3.63, 3.8) is 0 Å². The molecular weight excluding hydrogens is 321 g/mol. The van der Waals surface area contributed by atoms with Crippen molar-refractivity contribution < 1.29 is 37.0 Å². The molecule has 0 aromatic carbocycles. The van der Waals surface area contributed by atoms with Crippen molar-refractivity contribution >= 4 is 12.0 Å². The van der Waals surface area contributed by atoms with Gasteiger partial charge in [0.05, 0.1) is 26.4 Å². The van der Waals surface area contributed by atoms with Crippen molar-refractivity contribution in [2.24, 2.45) is 0 Å². The summed E-state index contributed by atoms with van der Waals surface area (Å²) in [7, 11) is 0. The van der Waals surface area contributed by atoms with Gasteiger partial charge in [-0.25, -0.2) is 4.79 Å². The lowest BCUT2D eigenvalue weighted by atomic mass is 10.2. The van der Waals surface area contributed by atoms with E-state index in [-0.39, 0.29) is 39.5 Å². The number of nitrogens with one attached hydrogen (secondary N) is 2. The normalized spacial score (nSPS) is 11.9. The molecule has 0 aliphatic heterocycles. The maximum absolute atomic E-state index is 11.8. The molecule has 2 N–H and O–H groups in total. The fourth-order valence-corrected chi connectivity index (χ4v) is 1.20. The van der Waals surface area contributed by atoms with Gasteiger partial charge in [-0.1, -0.05) is 0 Å². The highest BCUT2D eigenvalue weighted by molar-refractivity contribution is 5.81. The average Bonchev–Trinajstić information content (AvgIpc) is 2.37. The highest BCUT2D eigenvalue weighted by Crippen LogP contribution is 2.13. The lowest BCUT2D eigenvalue weighted by Crippen LogP contribution is -2.38. The summed E-state index contributed by atoms with van der Waals surface area (Å²) >= 11 is 0. The zero-order valence-electron chi connectivity index (χ0n) is 13.4. The summed E-state index contributed by atoms with van der Waals surface area (Å²) in [5.41, 5.74) is -0.569. The second-order valence-electron chi connectivity index (χ2n) is 5.41. The van der Waals surface area contributed by atoms with Gasteiger partial charge in [-0.05, 0) is 20.8 Å². The molecule has 0 atom stereocenters. The molecule has 0 radical (unpaired) electrons. The van der Waals surface area contributed by atoms with Gasteiger partial charge in [0.2, 0.25) is 0 Å². The van der Waals surface area contributed by atoms with E-state index in [1.807, 2.05) is 0 Å². The summed E-state index contributed by atoms with van der Waals surface area (Å²) in [4.78, 5) is 21.7. The fraction of sp³-hybridized carbons (Fsp3) is 0.846. The van der Waals surface area contributed by atoms with E-state index in [0.29, 0.717) is 0 Å². The Bertz CT molecular complexity index is 370. The van der Waals surface area contributed by atoms with Crippen LogP contribution in [0.2, 0.25) is 0 Å². The lowest BCUT2D eigenvalue weighted by Gasteiger charge is -2.19. The number of carbonyl (C=O) groups is 2. The predicted octanol–water partition coefficient (Wildman–Crippen LogP) is 1.22. The SMILES string of the molecule is CC(C)(C)OC(=O)NCCOCCOCCNC(=O)C(F)(F)F. The minimum atomic E-state index is -4.88. The molecule has 10 heteroatoms. The molecular formula is C13H23F3N2O5. The molecule has 0 saturated carbocycles. The van der Waals surface area contributed by atoms with Crippen molar-refractivity contribution in [3.05, 3.63) is 0 Å². The van der Waals surface area contributed by atoms with Gasteiger partial charge in [-0.15, -0.1) is 0 Å². The number of hydrogen-bond acceptors (Lipinski definition) is 5. The highest BCUT2D eigenvalue weighted by atomic mass is 19.4. The van der Waals surface area contributed by atoms with E-state index in [1.165, 1.54) is 0 Å². The van der Waals surface area contributed by atoms with Crippen LogP contribution in [0.4, 0.5) is 18.0 Å². The summed E-state index contributed by atoms with van der Waals surface area (Å²) in [6.45, 7) is 5.83. The van der Waals surface area contributed by atoms with Crippen LogP contribution in [-0.4, -0.2) is 63.3 Å². The van der Waals surface area contributed by atoms with Gasteiger partial charge in [0.1, 0.15) is 5.60 Å².